The van der Waals surface area contributed by atoms with Crippen LogP contribution in [0.1, 0.15) is 13.3 Å². The predicted molar refractivity (Wildman–Crippen MR) is 77.2 cm³/mol. The van der Waals surface area contributed by atoms with Crippen LogP contribution in [0.2, 0.25) is 0 Å². The SMILES string of the molecule is CCCNc1cncc(Oc2cc(Br)ccc2F)c1. The third-order valence-electron chi connectivity index (χ3n) is 2.41. The fourth-order valence-corrected chi connectivity index (χ4v) is 1.86. The average Bonchev–Trinajstić information content (AvgIpc) is 2.41. The van der Waals surface area contributed by atoms with Crippen molar-refractivity contribution in [3.63, 3.8) is 0 Å². The first-order valence-electron chi connectivity index (χ1n) is 6.01. The van der Waals surface area contributed by atoms with Crippen LogP contribution in [-0.2, 0) is 0 Å². The Bertz CT molecular complexity index is 563. The summed E-state index contributed by atoms with van der Waals surface area (Å²) in [6, 6.07) is 6.36. The Hall–Kier alpha value is -1.62. The van der Waals surface area contributed by atoms with Gasteiger partial charge in [0.15, 0.2) is 11.6 Å². The van der Waals surface area contributed by atoms with Crippen LogP contribution in [0.15, 0.2) is 41.1 Å². The maximum Gasteiger partial charge on any atom is 0.165 e. The van der Waals surface area contributed by atoms with Gasteiger partial charge in [0.2, 0.25) is 0 Å². The van der Waals surface area contributed by atoms with Crippen molar-refractivity contribution in [3.8, 4) is 11.5 Å². The molecule has 0 fully saturated rings. The van der Waals surface area contributed by atoms with Crippen LogP contribution < -0.4 is 10.1 Å². The molecule has 0 spiro atoms. The van der Waals surface area contributed by atoms with Gasteiger partial charge in [-0.05, 0) is 24.6 Å². The smallest absolute Gasteiger partial charge is 0.165 e. The normalized spacial score (nSPS) is 10.3. The van der Waals surface area contributed by atoms with E-state index in [4.69, 9.17) is 4.74 Å². The van der Waals surface area contributed by atoms with Gasteiger partial charge in [-0.2, -0.15) is 0 Å². The zero-order chi connectivity index (χ0) is 13.7. The molecular weight excluding hydrogens is 311 g/mol. The van der Waals surface area contributed by atoms with Crippen molar-refractivity contribution in [2.24, 2.45) is 0 Å². The highest BCUT2D eigenvalue weighted by Crippen LogP contribution is 2.28. The molecular formula is C14H14BrFN2O. The molecule has 2 rings (SSSR count). The number of nitrogens with zero attached hydrogens (tertiary/aromatic N) is 1. The van der Waals surface area contributed by atoms with Crippen LogP contribution >= 0.6 is 15.9 Å². The molecule has 0 bridgehead atoms. The molecule has 100 valence electrons. The molecule has 0 aliphatic heterocycles. The van der Waals surface area contributed by atoms with Gasteiger partial charge in [0.25, 0.3) is 0 Å². The third kappa shape index (κ3) is 3.92. The molecule has 1 N–H and O–H groups in total. The monoisotopic (exact) mass is 324 g/mol. The Morgan fingerprint density at radius 2 is 2.16 bits per heavy atom. The van der Waals surface area contributed by atoms with Crippen molar-refractivity contribution in [3.05, 3.63) is 46.9 Å². The zero-order valence-electron chi connectivity index (χ0n) is 10.5. The zero-order valence-corrected chi connectivity index (χ0v) is 12.1. The Balaban J connectivity index is 2.16. The highest BCUT2D eigenvalue weighted by molar-refractivity contribution is 9.10. The van der Waals surface area contributed by atoms with E-state index in [-0.39, 0.29) is 5.75 Å². The standard InChI is InChI=1S/C14H14BrFN2O/c1-2-5-18-11-7-12(9-17-8-11)19-14-6-10(15)3-4-13(14)16/h3-4,6-9,18H,2,5H2,1H3. The minimum Gasteiger partial charge on any atom is -0.453 e. The first-order valence-corrected chi connectivity index (χ1v) is 6.80. The number of nitrogens with one attached hydrogen (secondary N) is 1. The van der Waals surface area contributed by atoms with Crippen LogP contribution in [0.3, 0.4) is 0 Å². The second-order valence-electron chi connectivity index (χ2n) is 4.01. The van der Waals surface area contributed by atoms with E-state index in [1.807, 2.05) is 0 Å². The van der Waals surface area contributed by atoms with Gasteiger partial charge in [-0.3, -0.25) is 4.98 Å². The number of rotatable bonds is 5. The molecule has 0 unspecified atom stereocenters. The minimum absolute atomic E-state index is 0.170. The van der Waals surface area contributed by atoms with Crippen molar-refractivity contribution >= 4 is 21.6 Å². The maximum atomic E-state index is 13.6. The summed E-state index contributed by atoms with van der Waals surface area (Å²) < 4.78 is 19.8. The highest BCUT2D eigenvalue weighted by Gasteiger charge is 2.06. The van der Waals surface area contributed by atoms with Crippen LogP contribution in [0.4, 0.5) is 10.1 Å². The van der Waals surface area contributed by atoms with Crippen molar-refractivity contribution < 1.29 is 9.13 Å². The lowest BCUT2D eigenvalue weighted by atomic mass is 10.3. The molecule has 0 saturated carbocycles. The summed E-state index contributed by atoms with van der Waals surface area (Å²) in [6.45, 7) is 2.94. The summed E-state index contributed by atoms with van der Waals surface area (Å²) in [5, 5.41) is 3.20. The molecule has 3 nitrogen and oxygen atoms in total. The van der Waals surface area contributed by atoms with Gasteiger partial charge in [0, 0.05) is 17.1 Å². The summed E-state index contributed by atoms with van der Waals surface area (Å²) in [4.78, 5) is 4.06. The average molecular weight is 325 g/mol. The number of benzene rings is 1. The first kappa shape index (κ1) is 13.8. The van der Waals surface area contributed by atoms with Gasteiger partial charge in [-0.15, -0.1) is 0 Å². The fraction of sp³-hybridized carbons (Fsp3) is 0.214. The quantitative estimate of drug-likeness (QED) is 0.872. The Labute approximate surface area is 119 Å². The summed E-state index contributed by atoms with van der Waals surface area (Å²) in [6.07, 6.45) is 4.28. The van der Waals surface area contributed by atoms with Crippen LogP contribution in [0.25, 0.3) is 0 Å². The van der Waals surface area contributed by atoms with E-state index >= 15 is 0 Å². The summed E-state index contributed by atoms with van der Waals surface area (Å²) in [5.74, 6) is 0.261. The number of ether oxygens (including phenoxy) is 1. The number of pyridine rings is 1. The molecule has 1 aromatic heterocycles. The van der Waals surface area contributed by atoms with Crippen molar-refractivity contribution in [2.45, 2.75) is 13.3 Å². The number of halogens is 2. The van der Waals surface area contributed by atoms with Gasteiger partial charge in [-0.1, -0.05) is 22.9 Å². The molecule has 19 heavy (non-hydrogen) atoms. The molecule has 1 aromatic carbocycles. The Kier molecular flexibility index (Phi) is 4.74. The predicted octanol–water partition coefficient (Wildman–Crippen LogP) is 4.60. The highest BCUT2D eigenvalue weighted by atomic mass is 79.9. The molecule has 0 saturated heterocycles. The first-order chi connectivity index (χ1) is 9.19. The lowest BCUT2D eigenvalue weighted by Gasteiger charge is -2.09. The molecule has 0 aliphatic carbocycles. The van der Waals surface area contributed by atoms with E-state index in [2.05, 4.69) is 33.2 Å². The minimum atomic E-state index is -0.407. The van der Waals surface area contributed by atoms with E-state index in [0.717, 1.165) is 23.1 Å². The van der Waals surface area contributed by atoms with Crippen LogP contribution in [0, 0.1) is 5.82 Å². The maximum absolute atomic E-state index is 13.6. The van der Waals surface area contributed by atoms with Crippen molar-refractivity contribution in [1.29, 1.82) is 0 Å². The Morgan fingerprint density at radius 3 is 2.95 bits per heavy atom. The van der Waals surface area contributed by atoms with Gasteiger partial charge < -0.3 is 10.1 Å². The van der Waals surface area contributed by atoms with E-state index in [0.29, 0.717) is 5.75 Å². The summed E-state index contributed by atoms with van der Waals surface area (Å²) in [7, 11) is 0. The molecule has 0 amide bonds. The van der Waals surface area contributed by atoms with Crippen molar-refractivity contribution in [2.75, 3.05) is 11.9 Å². The van der Waals surface area contributed by atoms with Gasteiger partial charge in [0.1, 0.15) is 5.75 Å². The molecule has 5 heteroatoms. The van der Waals surface area contributed by atoms with Crippen LogP contribution in [-0.4, -0.2) is 11.5 Å². The molecule has 0 aliphatic rings. The number of hydrogen-bond acceptors (Lipinski definition) is 3. The lowest BCUT2D eigenvalue weighted by Crippen LogP contribution is -2.00. The molecule has 2 aromatic rings. The third-order valence-corrected chi connectivity index (χ3v) is 2.91. The molecule has 1 heterocycles. The molecule has 0 radical (unpaired) electrons. The van der Waals surface area contributed by atoms with Gasteiger partial charge in [-0.25, -0.2) is 4.39 Å². The van der Waals surface area contributed by atoms with E-state index in [1.54, 1.807) is 30.6 Å². The largest absolute Gasteiger partial charge is 0.453 e. The van der Waals surface area contributed by atoms with Crippen LogP contribution in [0.5, 0.6) is 11.5 Å². The van der Waals surface area contributed by atoms with Gasteiger partial charge in [0.05, 0.1) is 18.1 Å². The molecule has 0 atom stereocenters. The second kappa shape index (κ2) is 6.52. The lowest BCUT2D eigenvalue weighted by molar-refractivity contribution is 0.440. The van der Waals surface area contributed by atoms with Gasteiger partial charge >= 0.3 is 0 Å². The van der Waals surface area contributed by atoms with E-state index in [1.165, 1.54) is 6.07 Å². The number of hydrogen-bond donors (Lipinski definition) is 1. The number of aromatic nitrogens is 1. The van der Waals surface area contributed by atoms with E-state index < -0.39 is 5.82 Å². The van der Waals surface area contributed by atoms with Crippen molar-refractivity contribution in [1.82, 2.24) is 4.98 Å². The topological polar surface area (TPSA) is 34.2 Å². The second-order valence-corrected chi connectivity index (χ2v) is 4.93. The van der Waals surface area contributed by atoms with E-state index in [9.17, 15) is 4.39 Å². The fourth-order valence-electron chi connectivity index (χ4n) is 1.52. The summed E-state index contributed by atoms with van der Waals surface area (Å²) in [5.41, 5.74) is 0.856. The summed E-state index contributed by atoms with van der Waals surface area (Å²) >= 11 is 3.28. The number of anilines is 1. The Morgan fingerprint density at radius 1 is 1.32 bits per heavy atom.